The molecule has 0 unspecified atom stereocenters. The van der Waals surface area contributed by atoms with Crippen LogP contribution in [0.15, 0.2) is 65.5 Å². The predicted molar refractivity (Wildman–Crippen MR) is 133 cm³/mol. The molecule has 2 aliphatic heterocycles. The van der Waals surface area contributed by atoms with E-state index in [2.05, 4.69) is 16.7 Å². The lowest BCUT2D eigenvalue weighted by Crippen LogP contribution is -2.50. The Morgan fingerprint density at radius 3 is 2.51 bits per heavy atom. The van der Waals surface area contributed by atoms with Crippen molar-refractivity contribution >= 4 is 23.3 Å². The Balaban J connectivity index is 1.43. The van der Waals surface area contributed by atoms with Crippen molar-refractivity contribution in [1.82, 2.24) is 9.47 Å². The number of rotatable bonds is 3. The third kappa shape index (κ3) is 4.53. The van der Waals surface area contributed by atoms with Crippen LogP contribution >= 0.6 is 0 Å². The van der Waals surface area contributed by atoms with Crippen molar-refractivity contribution < 1.29 is 9.59 Å². The van der Waals surface area contributed by atoms with Gasteiger partial charge in [-0.25, -0.2) is 4.79 Å². The fourth-order valence-corrected chi connectivity index (χ4v) is 5.23. The van der Waals surface area contributed by atoms with E-state index in [0.717, 1.165) is 23.2 Å². The molecule has 176 valence electrons. The Hall–Kier alpha value is -4.38. The minimum atomic E-state index is -0.206. The number of piperidine rings is 1. The van der Waals surface area contributed by atoms with Crippen LogP contribution in [0.25, 0.3) is 11.1 Å². The lowest BCUT2D eigenvalue weighted by Gasteiger charge is -2.43. The van der Waals surface area contributed by atoms with Gasteiger partial charge in [-0.05, 0) is 54.3 Å². The number of amides is 3. The zero-order valence-corrected chi connectivity index (χ0v) is 19.3. The molecule has 2 bridgehead atoms. The number of likely N-dealkylation sites (tertiary alicyclic amines) is 1. The van der Waals surface area contributed by atoms with E-state index < -0.39 is 0 Å². The molecule has 1 aromatic heterocycles. The quantitative estimate of drug-likeness (QED) is 0.607. The highest BCUT2D eigenvalue weighted by molar-refractivity contribution is 5.90. The molecule has 0 spiro atoms. The SMILES string of the molecule is CC(=O)Nc1ccc(-c2ccc(=O)n3c2[C@H]2C[C@@H](CN(C(=O)Nc4cccc(C#N)c4)C2)C3)cc1. The fourth-order valence-electron chi connectivity index (χ4n) is 5.23. The minimum Gasteiger partial charge on any atom is -0.326 e. The van der Waals surface area contributed by atoms with E-state index in [1.54, 1.807) is 30.3 Å². The second kappa shape index (κ2) is 9.11. The molecule has 3 amide bonds. The largest absolute Gasteiger partial charge is 0.326 e. The highest BCUT2D eigenvalue weighted by Crippen LogP contribution is 2.40. The van der Waals surface area contributed by atoms with Gasteiger partial charge in [0.2, 0.25) is 5.91 Å². The van der Waals surface area contributed by atoms with Crippen molar-refractivity contribution in [3.8, 4) is 17.2 Å². The summed E-state index contributed by atoms with van der Waals surface area (Å²) in [6.07, 6.45) is 0.911. The van der Waals surface area contributed by atoms with Gasteiger partial charge in [0.15, 0.2) is 0 Å². The van der Waals surface area contributed by atoms with Crippen molar-refractivity contribution in [2.45, 2.75) is 25.8 Å². The molecule has 35 heavy (non-hydrogen) atoms. The van der Waals surface area contributed by atoms with Crippen LogP contribution in [0.5, 0.6) is 0 Å². The van der Waals surface area contributed by atoms with Crippen molar-refractivity contribution in [2.24, 2.45) is 5.92 Å². The van der Waals surface area contributed by atoms with Crippen molar-refractivity contribution in [1.29, 1.82) is 5.26 Å². The number of anilines is 2. The summed E-state index contributed by atoms with van der Waals surface area (Å²) in [5.41, 5.74) is 4.62. The summed E-state index contributed by atoms with van der Waals surface area (Å²) >= 11 is 0. The van der Waals surface area contributed by atoms with E-state index in [1.165, 1.54) is 6.92 Å². The van der Waals surface area contributed by atoms with Gasteiger partial charge in [-0.1, -0.05) is 18.2 Å². The van der Waals surface area contributed by atoms with Gasteiger partial charge in [-0.2, -0.15) is 5.26 Å². The topological polar surface area (TPSA) is 107 Å². The van der Waals surface area contributed by atoms with Gasteiger partial charge in [0, 0.05) is 61.2 Å². The number of carbonyl (C=O) groups is 2. The summed E-state index contributed by atoms with van der Waals surface area (Å²) in [4.78, 5) is 39.0. The molecule has 3 heterocycles. The maximum Gasteiger partial charge on any atom is 0.321 e. The highest BCUT2D eigenvalue weighted by Gasteiger charge is 2.37. The summed E-state index contributed by atoms with van der Waals surface area (Å²) < 4.78 is 1.86. The second-order valence-electron chi connectivity index (χ2n) is 9.17. The van der Waals surface area contributed by atoms with E-state index in [9.17, 15) is 14.4 Å². The molecular weight excluding hydrogens is 442 g/mol. The Kier molecular flexibility index (Phi) is 5.83. The molecule has 3 aromatic rings. The number of benzene rings is 2. The molecule has 2 aromatic carbocycles. The molecule has 0 aliphatic carbocycles. The van der Waals surface area contributed by atoms with E-state index in [0.29, 0.717) is 36.6 Å². The van der Waals surface area contributed by atoms with Crippen LogP contribution < -0.4 is 16.2 Å². The molecule has 2 aliphatic rings. The second-order valence-corrected chi connectivity index (χ2v) is 9.17. The molecule has 8 nitrogen and oxygen atoms in total. The Morgan fingerprint density at radius 1 is 0.971 bits per heavy atom. The van der Waals surface area contributed by atoms with E-state index in [1.807, 2.05) is 39.8 Å². The van der Waals surface area contributed by atoms with Crippen molar-refractivity contribution in [3.05, 3.63) is 82.3 Å². The zero-order valence-electron chi connectivity index (χ0n) is 19.3. The van der Waals surface area contributed by atoms with Gasteiger partial charge in [0.25, 0.3) is 5.56 Å². The van der Waals surface area contributed by atoms with Gasteiger partial charge >= 0.3 is 6.03 Å². The number of fused-ring (bicyclic) bond motifs is 4. The smallest absolute Gasteiger partial charge is 0.321 e. The number of carbonyl (C=O) groups excluding carboxylic acids is 2. The number of nitriles is 1. The van der Waals surface area contributed by atoms with Gasteiger partial charge < -0.3 is 20.1 Å². The average Bonchev–Trinajstić information content (AvgIpc) is 2.85. The number of nitrogens with one attached hydrogen (secondary N) is 2. The number of hydrogen-bond acceptors (Lipinski definition) is 4. The van der Waals surface area contributed by atoms with Crippen LogP contribution in [0, 0.1) is 17.2 Å². The van der Waals surface area contributed by atoms with Crippen LogP contribution in [-0.2, 0) is 11.3 Å². The molecule has 1 saturated heterocycles. The maximum absolute atomic E-state index is 13.1. The van der Waals surface area contributed by atoms with Crippen LogP contribution in [0.2, 0.25) is 0 Å². The van der Waals surface area contributed by atoms with Gasteiger partial charge in [0.05, 0.1) is 11.6 Å². The third-order valence-electron chi connectivity index (χ3n) is 6.64. The Bertz CT molecular complexity index is 1400. The van der Waals surface area contributed by atoms with Crippen LogP contribution in [0.4, 0.5) is 16.2 Å². The monoisotopic (exact) mass is 467 g/mol. The van der Waals surface area contributed by atoms with E-state index in [4.69, 9.17) is 5.26 Å². The number of aromatic nitrogens is 1. The maximum atomic E-state index is 13.1. The van der Waals surface area contributed by atoms with E-state index in [-0.39, 0.29) is 29.3 Å². The third-order valence-corrected chi connectivity index (χ3v) is 6.64. The molecule has 2 atom stereocenters. The van der Waals surface area contributed by atoms with Crippen LogP contribution in [0.1, 0.15) is 30.5 Å². The highest BCUT2D eigenvalue weighted by atomic mass is 16.2. The first-order valence-electron chi connectivity index (χ1n) is 11.6. The fraction of sp³-hybridized carbons (Fsp3) is 0.259. The molecule has 0 saturated carbocycles. The standard InChI is InChI=1S/C27H25N5O3/c1-17(33)29-22-7-5-20(6-8-22)24-9-10-25(34)32-15-19-11-21(26(24)32)16-31(14-19)27(35)30-23-4-2-3-18(12-23)13-28/h2-10,12,19,21H,11,14-16H2,1H3,(H,29,33)(H,30,35)/t19-,21-/m0/s1. The average molecular weight is 468 g/mol. The van der Waals surface area contributed by atoms with E-state index >= 15 is 0 Å². The number of pyridine rings is 1. The minimum absolute atomic E-state index is 0.0256. The molecule has 2 N–H and O–H groups in total. The van der Waals surface area contributed by atoms with Crippen LogP contribution in [-0.4, -0.2) is 34.5 Å². The summed E-state index contributed by atoms with van der Waals surface area (Å²) in [5, 5.41) is 14.8. The number of urea groups is 1. The van der Waals surface area contributed by atoms with Gasteiger partial charge in [-0.15, -0.1) is 0 Å². The first-order chi connectivity index (χ1) is 16.9. The molecule has 1 fully saturated rings. The first-order valence-corrected chi connectivity index (χ1v) is 11.6. The number of nitrogens with zero attached hydrogens (tertiary/aromatic N) is 3. The van der Waals surface area contributed by atoms with Crippen molar-refractivity contribution in [3.63, 3.8) is 0 Å². The summed E-state index contributed by atoms with van der Waals surface area (Å²) in [6.45, 7) is 3.11. The summed E-state index contributed by atoms with van der Waals surface area (Å²) in [5.74, 6) is 0.0810. The lowest BCUT2D eigenvalue weighted by molar-refractivity contribution is -0.114. The van der Waals surface area contributed by atoms with Gasteiger partial charge in [-0.3, -0.25) is 9.59 Å². The zero-order chi connectivity index (χ0) is 24.5. The number of hydrogen-bond donors (Lipinski definition) is 2. The van der Waals surface area contributed by atoms with Crippen molar-refractivity contribution in [2.75, 3.05) is 23.7 Å². The summed E-state index contributed by atoms with van der Waals surface area (Å²) in [7, 11) is 0. The first kappa shape index (κ1) is 22.4. The normalized spacial score (nSPS) is 18.2. The molecule has 0 radical (unpaired) electrons. The van der Waals surface area contributed by atoms with Crippen LogP contribution in [0.3, 0.4) is 0 Å². The molecule has 8 heteroatoms. The Labute approximate surface area is 202 Å². The Morgan fingerprint density at radius 2 is 1.77 bits per heavy atom. The van der Waals surface area contributed by atoms with Gasteiger partial charge in [0.1, 0.15) is 0 Å². The molecular formula is C27H25N5O3. The predicted octanol–water partition coefficient (Wildman–Crippen LogP) is 4.00. The summed E-state index contributed by atoms with van der Waals surface area (Å²) in [6, 6.07) is 19.8. The molecule has 5 rings (SSSR count). The lowest BCUT2D eigenvalue weighted by atomic mass is 9.80.